The van der Waals surface area contributed by atoms with Crippen molar-refractivity contribution in [2.45, 2.75) is 46.0 Å². The first kappa shape index (κ1) is 18.9. The molecule has 0 aliphatic rings. The van der Waals surface area contributed by atoms with E-state index in [4.69, 9.17) is 16.1 Å². The van der Waals surface area contributed by atoms with Gasteiger partial charge in [0.1, 0.15) is 0 Å². The number of hydrogen-bond acceptors (Lipinski definition) is 5. The van der Waals surface area contributed by atoms with Crippen molar-refractivity contribution in [3.8, 4) is 0 Å². The van der Waals surface area contributed by atoms with Crippen molar-refractivity contribution in [2.75, 3.05) is 10.6 Å². The number of hydrogen-bond donors (Lipinski definition) is 2. The number of nitrogens with one attached hydrogen (secondary N) is 2. The first-order chi connectivity index (χ1) is 11.6. The highest BCUT2D eigenvalue weighted by Gasteiger charge is 2.21. The molecule has 0 aliphatic carbocycles. The van der Waals surface area contributed by atoms with Gasteiger partial charge in [0.05, 0.1) is 10.7 Å². The molecule has 2 aromatic rings. The van der Waals surface area contributed by atoms with Crippen molar-refractivity contribution in [1.82, 2.24) is 10.1 Å². The van der Waals surface area contributed by atoms with Crippen molar-refractivity contribution < 1.29 is 14.1 Å². The molecule has 1 heterocycles. The van der Waals surface area contributed by atoms with Crippen LogP contribution in [0, 0.1) is 0 Å². The topological polar surface area (TPSA) is 97.1 Å². The van der Waals surface area contributed by atoms with Gasteiger partial charge in [-0.3, -0.25) is 9.59 Å². The predicted octanol–water partition coefficient (Wildman–Crippen LogP) is 3.55. The Hall–Kier alpha value is -2.41. The van der Waals surface area contributed by atoms with Crippen LogP contribution in [-0.4, -0.2) is 22.0 Å². The van der Waals surface area contributed by atoms with E-state index < -0.39 is 0 Å². The highest BCUT2D eigenvalue weighted by Crippen LogP contribution is 2.25. The van der Waals surface area contributed by atoms with E-state index in [-0.39, 0.29) is 23.7 Å². The molecule has 2 N–H and O–H groups in total. The van der Waals surface area contributed by atoms with E-state index in [1.165, 1.54) is 6.92 Å². The summed E-state index contributed by atoms with van der Waals surface area (Å²) in [5.41, 5.74) is 0.783. The molecule has 2 rings (SSSR count). The summed E-state index contributed by atoms with van der Waals surface area (Å²) >= 11 is 6.00. The number of rotatable bonds is 5. The molecule has 0 atom stereocenters. The van der Waals surface area contributed by atoms with Crippen LogP contribution in [0.2, 0.25) is 5.02 Å². The normalized spacial score (nSPS) is 11.2. The lowest BCUT2D eigenvalue weighted by atomic mass is 9.96. The van der Waals surface area contributed by atoms with Gasteiger partial charge in [-0.05, 0) is 18.2 Å². The Kier molecular flexibility index (Phi) is 5.79. The van der Waals surface area contributed by atoms with Crippen molar-refractivity contribution in [1.29, 1.82) is 0 Å². The molecule has 0 bridgehead atoms. The zero-order chi connectivity index (χ0) is 18.6. The number of carbonyl (C=O) groups is 2. The van der Waals surface area contributed by atoms with Crippen LogP contribution >= 0.6 is 11.6 Å². The van der Waals surface area contributed by atoms with Crippen LogP contribution in [0.4, 0.5) is 11.4 Å². The number of amides is 2. The quantitative estimate of drug-likeness (QED) is 0.845. The maximum Gasteiger partial charge on any atom is 0.227 e. The van der Waals surface area contributed by atoms with E-state index >= 15 is 0 Å². The molecule has 0 aliphatic heterocycles. The lowest BCUT2D eigenvalue weighted by molar-refractivity contribution is -0.116. The van der Waals surface area contributed by atoms with Crippen LogP contribution in [0.25, 0.3) is 0 Å². The van der Waals surface area contributed by atoms with E-state index in [0.717, 1.165) is 0 Å². The molecule has 25 heavy (non-hydrogen) atoms. The third kappa shape index (κ3) is 5.56. The second kappa shape index (κ2) is 7.65. The van der Waals surface area contributed by atoms with Gasteiger partial charge < -0.3 is 15.2 Å². The van der Waals surface area contributed by atoms with Gasteiger partial charge in [0.25, 0.3) is 0 Å². The van der Waals surface area contributed by atoms with Crippen molar-refractivity contribution in [3.63, 3.8) is 0 Å². The third-order valence-electron chi connectivity index (χ3n) is 3.27. The van der Waals surface area contributed by atoms with Crippen LogP contribution in [0.5, 0.6) is 0 Å². The average Bonchev–Trinajstić information content (AvgIpc) is 2.97. The molecule has 0 radical (unpaired) electrons. The van der Waals surface area contributed by atoms with E-state index in [2.05, 4.69) is 20.8 Å². The fraction of sp³-hybridized carbons (Fsp3) is 0.412. The van der Waals surface area contributed by atoms with Crippen LogP contribution in [0.15, 0.2) is 22.7 Å². The van der Waals surface area contributed by atoms with Crippen LogP contribution in [-0.2, 0) is 21.4 Å². The smallest absolute Gasteiger partial charge is 0.227 e. The SMILES string of the molecule is CC(=O)Nc1cc(NC(=O)CCc2nc(C(C)(C)C)no2)ccc1Cl. The summed E-state index contributed by atoms with van der Waals surface area (Å²) < 4.78 is 5.16. The Morgan fingerprint density at radius 1 is 1.24 bits per heavy atom. The van der Waals surface area contributed by atoms with Gasteiger partial charge in [-0.25, -0.2) is 0 Å². The fourth-order valence-electron chi connectivity index (χ4n) is 1.99. The standard InChI is InChI=1S/C17H21ClN4O3/c1-10(23)19-13-9-11(5-6-12(13)18)20-14(24)7-8-15-21-16(22-25-15)17(2,3)4/h5-6,9H,7-8H2,1-4H3,(H,19,23)(H,20,24). The summed E-state index contributed by atoms with van der Waals surface area (Å²) in [4.78, 5) is 27.5. The van der Waals surface area contributed by atoms with Crippen molar-refractivity contribution in [3.05, 3.63) is 34.9 Å². The molecular formula is C17H21ClN4O3. The predicted molar refractivity (Wildman–Crippen MR) is 95.7 cm³/mol. The summed E-state index contributed by atoms with van der Waals surface area (Å²) in [5, 5.41) is 9.68. The Balaban J connectivity index is 1.94. The molecule has 134 valence electrons. The van der Waals surface area contributed by atoms with Crippen molar-refractivity contribution in [2.24, 2.45) is 0 Å². The van der Waals surface area contributed by atoms with Crippen molar-refractivity contribution >= 4 is 34.8 Å². The maximum absolute atomic E-state index is 12.1. The molecule has 0 fully saturated rings. The number of benzene rings is 1. The molecule has 8 heteroatoms. The van der Waals surface area contributed by atoms with E-state index in [1.807, 2.05) is 20.8 Å². The lowest BCUT2D eigenvalue weighted by Gasteiger charge is -2.10. The Bertz CT molecular complexity index is 780. The minimum Gasteiger partial charge on any atom is -0.339 e. The average molecular weight is 365 g/mol. The summed E-state index contributed by atoms with van der Waals surface area (Å²) in [5.74, 6) is 0.596. The van der Waals surface area contributed by atoms with E-state index in [0.29, 0.717) is 34.5 Å². The molecule has 0 unspecified atom stereocenters. The monoisotopic (exact) mass is 364 g/mol. The van der Waals surface area contributed by atoms with Crippen LogP contribution < -0.4 is 10.6 Å². The molecule has 2 amide bonds. The number of aromatic nitrogens is 2. The molecule has 0 saturated carbocycles. The van der Waals surface area contributed by atoms with Crippen LogP contribution in [0.3, 0.4) is 0 Å². The summed E-state index contributed by atoms with van der Waals surface area (Å²) in [6.45, 7) is 7.35. The molecule has 1 aromatic heterocycles. The molecular weight excluding hydrogens is 344 g/mol. The molecule has 0 saturated heterocycles. The minimum atomic E-state index is -0.239. The van der Waals surface area contributed by atoms with Gasteiger partial charge in [-0.2, -0.15) is 4.98 Å². The Morgan fingerprint density at radius 2 is 1.96 bits per heavy atom. The van der Waals surface area contributed by atoms with Gasteiger partial charge in [0, 0.05) is 30.9 Å². The molecule has 1 aromatic carbocycles. The maximum atomic E-state index is 12.1. The second-order valence-electron chi connectivity index (χ2n) is 6.69. The number of anilines is 2. The van der Waals surface area contributed by atoms with Gasteiger partial charge in [0.15, 0.2) is 5.82 Å². The van der Waals surface area contributed by atoms with Crippen LogP contribution in [0.1, 0.15) is 45.8 Å². The number of halogens is 1. The number of carbonyl (C=O) groups excluding carboxylic acids is 2. The van der Waals surface area contributed by atoms with Gasteiger partial charge >= 0.3 is 0 Å². The fourth-order valence-corrected chi connectivity index (χ4v) is 2.16. The summed E-state index contributed by atoms with van der Waals surface area (Å²) in [6, 6.07) is 4.87. The highest BCUT2D eigenvalue weighted by atomic mass is 35.5. The molecule has 7 nitrogen and oxygen atoms in total. The zero-order valence-corrected chi connectivity index (χ0v) is 15.4. The lowest BCUT2D eigenvalue weighted by Crippen LogP contribution is -2.14. The first-order valence-electron chi connectivity index (χ1n) is 7.85. The Labute approximate surface area is 151 Å². The van der Waals surface area contributed by atoms with Gasteiger partial charge in [0.2, 0.25) is 17.7 Å². The number of aryl methyl sites for hydroxylation is 1. The highest BCUT2D eigenvalue weighted by molar-refractivity contribution is 6.33. The van der Waals surface area contributed by atoms with Gasteiger partial charge in [-0.15, -0.1) is 0 Å². The minimum absolute atomic E-state index is 0.198. The van der Waals surface area contributed by atoms with E-state index in [1.54, 1.807) is 18.2 Å². The summed E-state index contributed by atoms with van der Waals surface area (Å²) in [7, 11) is 0. The Morgan fingerprint density at radius 3 is 2.56 bits per heavy atom. The largest absolute Gasteiger partial charge is 0.339 e. The van der Waals surface area contributed by atoms with E-state index in [9.17, 15) is 9.59 Å². The second-order valence-corrected chi connectivity index (χ2v) is 7.09. The number of nitrogens with zero attached hydrogens (tertiary/aromatic N) is 2. The van der Waals surface area contributed by atoms with Gasteiger partial charge in [-0.1, -0.05) is 37.5 Å². The zero-order valence-electron chi connectivity index (χ0n) is 14.6. The summed E-state index contributed by atoms with van der Waals surface area (Å²) in [6.07, 6.45) is 0.547. The first-order valence-corrected chi connectivity index (χ1v) is 8.23. The third-order valence-corrected chi connectivity index (χ3v) is 3.60. The molecule has 0 spiro atoms.